The van der Waals surface area contributed by atoms with Gasteiger partial charge in [-0.2, -0.15) is 0 Å². The zero-order chi connectivity index (χ0) is 82.1. The van der Waals surface area contributed by atoms with Crippen LogP contribution in [0.5, 0.6) is 0 Å². The van der Waals surface area contributed by atoms with E-state index in [2.05, 4.69) is 0 Å². The molecule has 0 atom stereocenters. The van der Waals surface area contributed by atoms with E-state index in [0.29, 0.717) is 4.90 Å². The minimum absolute atomic E-state index is 0.0153. The summed E-state index contributed by atoms with van der Waals surface area (Å²) in [5.41, 5.74) is -18.0. The molecule has 3 aromatic heterocycles. The van der Waals surface area contributed by atoms with E-state index in [1.165, 1.54) is 4.57 Å². The average Bonchev–Trinajstić information content (AvgIpc) is 0.929. The molecule has 0 spiro atoms. The molecular formula is C70H53BN4O2. The highest BCUT2D eigenvalue weighted by Crippen LogP contribution is 2.56. The standard InChI is InChI=1S/C70H53BN4O2/c1-69(2,3)44-33-34-54-50(37-44)51-38-45(70(4,5)6)39-59-65(51)73(54)56-29-18-27-53-67(56)75(59)58-41-48(72(46-22-12-8-13-23-46)47-24-14-9-15-25-47)40-57-64(58)71(53)68-66(52-36-43(32-35-61(52)77-68)42-20-10-7-11-21-42)74(57)55-28-19-31-62-63(55)49-26-16-17-30-60(49)76-62/h7-41H,1-6H3/i7D,8D,9D,10D,11D,12D,13D,14D,15D,16D,17D,18D,19D,20D,21D,22D,23D,24D,25D,26D,27D,28D,29D,30D,31D,32D,33D,34D,35D,36D,37D,38D,39D,40D,41D. The minimum Gasteiger partial charge on any atom is -0.468 e. The van der Waals surface area contributed by atoms with Crippen LogP contribution in [0.25, 0.3) is 71.5 Å². The van der Waals surface area contributed by atoms with Crippen molar-refractivity contribution in [1.82, 2.24) is 4.57 Å². The normalized spacial score (nSPS) is 19.9. The molecule has 0 aliphatic carbocycles. The van der Waals surface area contributed by atoms with Crippen molar-refractivity contribution < 1.29 is 56.8 Å². The summed E-state index contributed by atoms with van der Waals surface area (Å²) >= 11 is 0. The van der Waals surface area contributed by atoms with E-state index >= 15 is 0 Å². The lowest BCUT2D eigenvalue weighted by atomic mass is 9.35. The Morgan fingerprint density at radius 2 is 1.05 bits per heavy atom. The van der Waals surface area contributed by atoms with Gasteiger partial charge in [-0.05, 0) is 141 Å². The molecule has 3 aliphatic rings. The third kappa shape index (κ3) is 6.25. The van der Waals surface area contributed by atoms with E-state index < -0.39 is 347 Å². The lowest BCUT2D eigenvalue weighted by Crippen LogP contribution is -2.61. The van der Waals surface area contributed by atoms with Gasteiger partial charge in [-0.1, -0.05) is 156 Å². The van der Waals surface area contributed by atoms with Crippen LogP contribution >= 0.6 is 0 Å². The lowest BCUT2D eigenvalue weighted by Gasteiger charge is -2.45. The highest BCUT2D eigenvalue weighted by Gasteiger charge is 2.50. The van der Waals surface area contributed by atoms with Crippen LogP contribution < -0.4 is 31.3 Å². The zero-order valence-electron chi connectivity index (χ0n) is 76.2. The van der Waals surface area contributed by atoms with E-state index in [4.69, 9.17) is 18.4 Å². The fraction of sp³-hybridized carbons (Fsp3) is 0.114. The van der Waals surface area contributed by atoms with Gasteiger partial charge >= 0.3 is 0 Å². The second-order valence-corrected chi connectivity index (χ2v) is 20.6. The van der Waals surface area contributed by atoms with Crippen LogP contribution in [0.4, 0.5) is 51.2 Å². The Kier molecular flexibility index (Phi) is 4.44. The highest BCUT2D eigenvalue weighted by molar-refractivity contribution is 7.00. The summed E-state index contributed by atoms with van der Waals surface area (Å²) < 4.78 is 355. The molecule has 6 nitrogen and oxygen atoms in total. The summed E-state index contributed by atoms with van der Waals surface area (Å²) in [5.74, 6) is 0. The molecule has 0 saturated carbocycles. The number of rotatable bonds is 5. The Bertz CT molecular complexity index is 6610. The van der Waals surface area contributed by atoms with Crippen molar-refractivity contribution in [3.05, 3.63) is 223 Å². The van der Waals surface area contributed by atoms with Gasteiger partial charge in [-0.3, -0.25) is 0 Å². The maximum absolute atomic E-state index is 11.4. The van der Waals surface area contributed by atoms with Gasteiger partial charge < -0.3 is 28.1 Å². The smallest absolute Gasteiger partial charge is 0.297 e. The number of furan rings is 2. The van der Waals surface area contributed by atoms with E-state index in [0.717, 1.165) is 9.80 Å². The van der Waals surface area contributed by atoms with Crippen LogP contribution in [-0.4, -0.2) is 11.3 Å². The Balaban J connectivity index is 1.27. The molecule has 6 heterocycles. The molecule has 368 valence electrons. The quantitative estimate of drug-likeness (QED) is 0.161. The molecule has 16 rings (SSSR count). The first-order valence-corrected chi connectivity index (χ1v) is 24.1. The van der Waals surface area contributed by atoms with Gasteiger partial charge in [0.1, 0.15) is 16.7 Å². The summed E-state index contributed by atoms with van der Waals surface area (Å²) in [4.78, 5) is 2.30. The number of anilines is 9. The van der Waals surface area contributed by atoms with Gasteiger partial charge in [0.2, 0.25) is 0 Å². The van der Waals surface area contributed by atoms with E-state index in [1.807, 2.05) is 0 Å². The first-order valence-electron chi connectivity index (χ1n) is 41.6. The summed E-state index contributed by atoms with van der Waals surface area (Å²) in [5, 5.41) is -2.63. The number of hydrogen-bond donors (Lipinski definition) is 0. The lowest BCUT2D eigenvalue weighted by molar-refractivity contribution is 0.590. The summed E-state index contributed by atoms with van der Waals surface area (Å²) in [6.45, 7) is 7.67. The number of nitrogens with zero attached hydrogens (tertiary/aromatic N) is 4. The molecule has 0 radical (unpaired) electrons. The maximum Gasteiger partial charge on any atom is 0.297 e. The number of aromatic nitrogens is 1. The number of fused-ring (bicyclic) bond motifs is 14. The van der Waals surface area contributed by atoms with E-state index in [1.54, 1.807) is 41.5 Å². The molecule has 0 unspecified atom stereocenters. The van der Waals surface area contributed by atoms with Crippen LogP contribution in [0.15, 0.2) is 220 Å². The Morgan fingerprint density at radius 3 is 1.78 bits per heavy atom. The Morgan fingerprint density at radius 1 is 0.429 bits per heavy atom. The monoisotopic (exact) mass is 1030 g/mol. The van der Waals surface area contributed by atoms with E-state index in [-0.39, 0.29) is 32.9 Å². The topological polar surface area (TPSA) is 40.9 Å². The van der Waals surface area contributed by atoms with Crippen molar-refractivity contribution in [1.29, 1.82) is 0 Å². The summed E-state index contributed by atoms with van der Waals surface area (Å²) in [7, 11) is 0. The minimum atomic E-state index is -2.22. The number of hydrogen-bond acceptors (Lipinski definition) is 5. The van der Waals surface area contributed by atoms with Gasteiger partial charge in [-0.25, -0.2) is 0 Å². The molecule has 0 fully saturated rings. The SMILES string of the molecule is [2H]c1c([2H])c([2H])c(-c2c([2H])c([2H])c3oc4c(c3c2[2H])N(c2c([2H])c([2H])c([2H])c3oc5c([2H])c([2H])c([2H])c([2H])c5c23)c2c([2H])c(N(c3c([2H])c([2H])c([2H])c([2H])c3[2H])c3c([2H])c([2H])c([2H])c([2H])c3[2H])c([2H])c3c2B4c2c([2H])c([2H])c([2H])c4c2N3c2c([2H])c(C(C)(C)C)c([2H])c3c5c([2H])c(C(C)(C)C)c([2H])c([2H])c5n-4c23)c([2H])c1[2H]. The molecule has 0 N–H and O–H groups in total. The molecule has 0 bridgehead atoms. The van der Waals surface area contributed by atoms with Crippen LogP contribution in [0, 0.1) is 0 Å². The predicted octanol–water partition coefficient (Wildman–Crippen LogP) is 17.6. The summed E-state index contributed by atoms with van der Waals surface area (Å²) in [6, 6.07) is -34.8. The van der Waals surface area contributed by atoms with Gasteiger partial charge in [0.05, 0.1) is 104 Å². The van der Waals surface area contributed by atoms with Gasteiger partial charge in [0.15, 0.2) is 0 Å². The molecule has 7 heteroatoms. The van der Waals surface area contributed by atoms with E-state index in [9.17, 15) is 38.4 Å². The predicted molar refractivity (Wildman–Crippen MR) is 323 cm³/mol. The number of para-hydroxylation sites is 4. The molecular weight excluding hydrogens is 940 g/mol. The molecule has 0 saturated heterocycles. The second kappa shape index (κ2) is 15.7. The number of benzene rings is 10. The molecule has 13 aromatic rings. The van der Waals surface area contributed by atoms with Gasteiger partial charge in [-0.15, -0.1) is 0 Å². The van der Waals surface area contributed by atoms with Crippen molar-refractivity contribution in [3.8, 4) is 16.8 Å². The van der Waals surface area contributed by atoms with Crippen LogP contribution in [0.2, 0.25) is 0 Å². The summed E-state index contributed by atoms with van der Waals surface area (Å²) in [6.07, 6.45) is 0. The fourth-order valence-electron chi connectivity index (χ4n) is 10.6. The van der Waals surface area contributed by atoms with Crippen LogP contribution in [0.3, 0.4) is 0 Å². The third-order valence-electron chi connectivity index (χ3n) is 14.0. The van der Waals surface area contributed by atoms with Gasteiger partial charge in [0.25, 0.3) is 6.71 Å². The third-order valence-corrected chi connectivity index (χ3v) is 14.0. The second-order valence-electron chi connectivity index (χ2n) is 20.6. The van der Waals surface area contributed by atoms with Crippen molar-refractivity contribution in [3.63, 3.8) is 0 Å². The first-order chi connectivity index (χ1) is 52.1. The fourth-order valence-corrected chi connectivity index (χ4v) is 10.6. The van der Waals surface area contributed by atoms with Crippen LogP contribution in [0.1, 0.15) is 101 Å². The molecule has 77 heavy (non-hydrogen) atoms. The molecule has 0 amide bonds. The van der Waals surface area contributed by atoms with Crippen molar-refractivity contribution in [2.45, 2.75) is 52.4 Å². The zero-order valence-corrected chi connectivity index (χ0v) is 41.2. The van der Waals surface area contributed by atoms with Gasteiger partial charge in [0, 0.05) is 44.3 Å². The first kappa shape index (κ1) is 21.8. The average molecular weight is 1030 g/mol. The van der Waals surface area contributed by atoms with Crippen molar-refractivity contribution in [2.75, 3.05) is 14.7 Å². The molecule has 10 aromatic carbocycles. The molecule has 3 aliphatic heterocycles. The Labute approximate surface area is 496 Å². The van der Waals surface area contributed by atoms with Crippen molar-refractivity contribution in [2.24, 2.45) is 0 Å². The maximum atomic E-state index is 11.4. The van der Waals surface area contributed by atoms with Crippen molar-refractivity contribution >= 4 is 129 Å². The Hall–Kier alpha value is -9.20. The van der Waals surface area contributed by atoms with Crippen LogP contribution in [-0.2, 0) is 10.8 Å². The largest absolute Gasteiger partial charge is 0.468 e. The highest BCUT2D eigenvalue weighted by atomic mass is 16.3.